The molecule has 0 atom stereocenters. The molecule has 0 aliphatic heterocycles. The number of methoxy groups -OCH3 is 1. The fourth-order valence-electron chi connectivity index (χ4n) is 2.13. The van der Waals surface area contributed by atoms with Crippen LogP contribution in [-0.2, 0) is 6.61 Å². The molecule has 0 amide bonds. The lowest BCUT2D eigenvalue weighted by Gasteiger charge is -2.12. The molecule has 3 N–H and O–H groups in total. The van der Waals surface area contributed by atoms with Crippen LogP contribution in [0.1, 0.15) is 11.1 Å². The van der Waals surface area contributed by atoms with Crippen molar-refractivity contribution in [2.24, 2.45) is 0 Å². The van der Waals surface area contributed by atoms with Gasteiger partial charge in [0.1, 0.15) is 0 Å². The highest BCUT2D eigenvalue weighted by Crippen LogP contribution is 2.25. The van der Waals surface area contributed by atoms with Crippen molar-refractivity contribution in [2.45, 2.75) is 13.5 Å². The predicted molar refractivity (Wildman–Crippen MR) is 76.7 cm³/mol. The summed E-state index contributed by atoms with van der Waals surface area (Å²) < 4.78 is 5.15. The summed E-state index contributed by atoms with van der Waals surface area (Å²) in [6.07, 6.45) is 0. The molecule has 0 bridgehead atoms. The SMILES string of the molecule is COc1nc(-c2cccc(B(O)O)c2C)ccc1CO. The topological polar surface area (TPSA) is 82.8 Å². The first-order valence-electron chi connectivity index (χ1n) is 6.19. The Labute approximate surface area is 117 Å². The summed E-state index contributed by atoms with van der Waals surface area (Å²) in [5.74, 6) is 0.361. The lowest BCUT2D eigenvalue weighted by atomic mass is 9.76. The fourth-order valence-corrected chi connectivity index (χ4v) is 2.13. The number of aliphatic hydroxyl groups excluding tert-OH is 1. The molecule has 5 nitrogen and oxygen atoms in total. The maximum absolute atomic E-state index is 9.34. The first-order valence-corrected chi connectivity index (χ1v) is 6.19. The maximum atomic E-state index is 9.34. The summed E-state index contributed by atoms with van der Waals surface area (Å²) >= 11 is 0. The van der Waals surface area contributed by atoms with Gasteiger partial charge in [-0.1, -0.05) is 18.2 Å². The summed E-state index contributed by atoms with van der Waals surface area (Å²) in [4.78, 5) is 4.35. The largest absolute Gasteiger partial charge is 0.488 e. The third-order valence-electron chi connectivity index (χ3n) is 3.23. The summed E-state index contributed by atoms with van der Waals surface area (Å²) in [6, 6.07) is 8.75. The summed E-state index contributed by atoms with van der Waals surface area (Å²) in [7, 11) is -0.0278. The Morgan fingerprint density at radius 3 is 2.55 bits per heavy atom. The minimum atomic E-state index is -1.52. The molecule has 2 aromatic rings. The zero-order valence-corrected chi connectivity index (χ0v) is 11.4. The van der Waals surface area contributed by atoms with Gasteiger partial charge >= 0.3 is 7.12 Å². The molecule has 0 aliphatic rings. The van der Waals surface area contributed by atoms with Crippen molar-refractivity contribution in [3.05, 3.63) is 41.5 Å². The third kappa shape index (κ3) is 2.67. The van der Waals surface area contributed by atoms with Crippen molar-refractivity contribution >= 4 is 12.6 Å². The van der Waals surface area contributed by atoms with Crippen molar-refractivity contribution in [3.8, 4) is 17.1 Å². The van der Waals surface area contributed by atoms with Gasteiger partial charge in [0.05, 0.1) is 19.4 Å². The zero-order valence-electron chi connectivity index (χ0n) is 11.4. The number of ether oxygens (including phenoxy) is 1. The van der Waals surface area contributed by atoms with Crippen molar-refractivity contribution < 1.29 is 19.9 Å². The minimum Gasteiger partial charge on any atom is -0.481 e. The highest BCUT2D eigenvalue weighted by molar-refractivity contribution is 6.59. The summed E-state index contributed by atoms with van der Waals surface area (Å²) in [6.45, 7) is 1.66. The van der Waals surface area contributed by atoms with Gasteiger partial charge in [-0.05, 0) is 30.1 Å². The highest BCUT2D eigenvalue weighted by Gasteiger charge is 2.17. The van der Waals surface area contributed by atoms with Gasteiger partial charge < -0.3 is 19.9 Å². The molecule has 1 aromatic heterocycles. The van der Waals surface area contributed by atoms with E-state index in [1.807, 2.05) is 6.07 Å². The van der Waals surface area contributed by atoms with E-state index in [-0.39, 0.29) is 6.61 Å². The monoisotopic (exact) mass is 273 g/mol. The van der Waals surface area contributed by atoms with Gasteiger partial charge in [0.2, 0.25) is 5.88 Å². The second kappa shape index (κ2) is 6.05. The number of benzene rings is 1. The van der Waals surface area contributed by atoms with Crippen molar-refractivity contribution in [2.75, 3.05) is 7.11 Å². The molecular formula is C14H16BNO4. The summed E-state index contributed by atoms with van der Waals surface area (Å²) in [5.41, 5.74) is 3.23. The smallest absolute Gasteiger partial charge is 0.481 e. The van der Waals surface area contributed by atoms with Gasteiger partial charge in [0, 0.05) is 11.1 Å². The van der Waals surface area contributed by atoms with E-state index in [1.165, 1.54) is 7.11 Å². The number of rotatable bonds is 4. The first-order chi connectivity index (χ1) is 9.58. The molecule has 20 heavy (non-hydrogen) atoms. The van der Waals surface area contributed by atoms with Gasteiger partial charge in [0.15, 0.2) is 0 Å². The number of pyridine rings is 1. The van der Waals surface area contributed by atoms with Crippen LogP contribution in [0.5, 0.6) is 5.88 Å². The molecule has 0 saturated carbocycles. The number of nitrogens with zero attached hydrogens (tertiary/aromatic N) is 1. The molecular weight excluding hydrogens is 257 g/mol. The van der Waals surface area contributed by atoms with Crippen molar-refractivity contribution in [1.29, 1.82) is 0 Å². The van der Waals surface area contributed by atoms with E-state index in [2.05, 4.69) is 4.98 Å². The summed E-state index contributed by atoms with van der Waals surface area (Å²) in [5, 5.41) is 27.9. The number of hydrogen-bond acceptors (Lipinski definition) is 5. The van der Waals surface area contributed by atoms with Crippen molar-refractivity contribution in [1.82, 2.24) is 4.98 Å². The van der Waals surface area contributed by atoms with Gasteiger partial charge in [-0.15, -0.1) is 0 Å². The van der Waals surface area contributed by atoms with Crippen LogP contribution in [0.4, 0.5) is 0 Å². The van der Waals surface area contributed by atoms with Crippen LogP contribution in [0.2, 0.25) is 0 Å². The lowest BCUT2D eigenvalue weighted by Crippen LogP contribution is -2.32. The number of hydrogen-bond donors (Lipinski definition) is 3. The van der Waals surface area contributed by atoms with E-state index in [9.17, 15) is 15.2 Å². The van der Waals surface area contributed by atoms with E-state index in [4.69, 9.17) is 4.74 Å². The van der Waals surface area contributed by atoms with E-state index >= 15 is 0 Å². The average Bonchev–Trinajstić information content (AvgIpc) is 2.46. The lowest BCUT2D eigenvalue weighted by molar-refractivity contribution is 0.271. The van der Waals surface area contributed by atoms with Crippen LogP contribution < -0.4 is 10.2 Å². The van der Waals surface area contributed by atoms with Gasteiger partial charge in [0.25, 0.3) is 0 Å². The van der Waals surface area contributed by atoms with Crippen LogP contribution >= 0.6 is 0 Å². The van der Waals surface area contributed by atoms with Gasteiger partial charge in [-0.2, -0.15) is 0 Å². The highest BCUT2D eigenvalue weighted by atomic mass is 16.5. The normalized spacial score (nSPS) is 10.4. The van der Waals surface area contributed by atoms with Crippen LogP contribution in [0, 0.1) is 6.92 Å². The van der Waals surface area contributed by atoms with Crippen LogP contribution in [0.15, 0.2) is 30.3 Å². The van der Waals surface area contributed by atoms with Gasteiger partial charge in [-0.3, -0.25) is 0 Å². The van der Waals surface area contributed by atoms with Crippen LogP contribution in [-0.4, -0.2) is 34.4 Å². The van der Waals surface area contributed by atoms with E-state index in [1.54, 1.807) is 31.2 Å². The second-order valence-electron chi connectivity index (χ2n) is 4.42. The Bertz CT molecular complexity index is 616. The molecule has 2 rings (SSSR count). The molecule has 6 heteroatoms. The van der Waals surface area contributed by atoms with Crippen LogP contribution in [0.3, 0.4) is 0 Å². The number of aliphatic hydroxyl groups is 1. The van der Waals surface area contributed by atoms with E-state index < -0.39 is 7.12 Å². The minimum absolute atomic E-state index is 0.148. The Balaban J connectivity index is 2.54. The third-order valence-corrected chi connectivity index (χ3v) is 3.23. The molecule has 0 saturated heterocycles. The average molecular weight is 273 g/mol. The first kappa shape index (κ1) is 14.5. The molecule has 0 radical (unpaired) electrons. The molecule has 1 heterocycles. The second-order valence-corrected chi connectivity index (χ2v) is 4.42. The van der Waals surface area contributed by atoms with E-state index in [0.29, 0.717) is 22.6 Å². The predicted octanol–water partition coefficient (Wildman–Crippen LogP) is 0.238. The quantitative estimate of drug-likeness (QED) is 0.695. The standard InChI is InChI=1S/C14H16BNO4/c1-9-11(4-3-5-12(9)15(18)19)13-7-6-10(8-17)14(16-13)20-2/h3-7,17-19H,8H2,1-2H3. The Kier molecular flexibility index (Phi) is 4.39. The zero-order chi connectivity index (χ0) is 14.7. The Morgan fingerprint density at radius 1 is 1.20 bits per heavy atom. The van der Waals surface area contributed by atoms with Gasteiger partial charge in [-0.25, -0.2) is 4.98 Å². The van der Waals surface area contributed by atoms with Crippen LogP contribution in [0.25, 0.3) is 11.3 Å². The number of aromatic nitrogens is 1. The molecule has 0 unspecified atom stereocenters. The Hall–Kier alpha value is -1.89. The fraction of sp³-hybridized carbons (Fsp3) is 0.214. The molecule has 104 valence electrons. The molecule has 0 spiro atoms. The Morgan fingerprint density at radius 2 is 1.95 bits per heavy atom. The maximum Gasteiger partial charge on any atom is 0.488 e. The van der Waals surface area contributed by atoms with E-state index in [0.717, 1.165) is 11.1 Å². The molecule has 0 fully saturated rings. The van der Waals surface area contributed by atoms with Crippen molar-refractivity contribution in [3.63, 3.8) is 0 Å². The molecule has 1 aromatic carbocycles. The molecule has 0 aliphatic carbocycles.